The van der Waals surface area contributed by atoms with Crippen LogP contribution in [0, 0.1) is 0 Å². The molecule has 1 aliphatic heterocycles. The third kappa shape index (κ3) is 1.66. The van der Waals surface area contributed by atoms with Crippen molar-refractivity contribution in [2.75, 3.05) is 6.61 Å². The third-order valence-corrected chi connectivity index (χ3v) is 1.66. The van der Waals surface area contributed by atoms with Gasteiger partial charge in [0.15, 0.2) is 6.29 Å². The molecule has 7 nitrogen and oxygen atoms in total. The summed E-state index contributed by atoms with van der Waals surface area (Å²) in [5.41, 5.74) is 8.04. The molecule has 0 aliphatic carbocycles. The van der Waals surface area contributed by atoms with Crippen LogP contribution in [0.3, 0.4) is 0 Å². The van der Waals surface area contributed by atoms with E-state index in [0.717, 1.165) is 0 Å². The second-order valence-electron chi connectivity index (χ2n) is 2.48. The maximum absolute atomic E-state index is 9.18. The van der Waals surface area contributed by atoms with Crippen molar-refractivity contribution >= 4 is 0 Å². The van der Waals surface area contributed by atoms with Gasteiger partial charge in [0.2, 0.25) is 0 Å². The van der Waals surface area contributed by atoms with Gasteiger partial charge in [0.25, 0.3) is 0 Å². The minimum Gasteiger partial charge on any atom is -0.390 e. The summed E-state index contributed by atoms with van der Waals surface area (Å²) in [5, 5.41) is 30.3. The Bertz CT molecular complexity index is 205. The largest absolute Gasteiger partial charge is 0.390 e. The molecule has 0 saturated carbocycles. The van der Waals surface area contributed by atoms with E-state index in [9.17, 15) is 5.11 Å². The Morgan fingerprint density at radius 2 is 2.08 bits per heavy atom. The summed E-state index contributed by atoms with van der Waals surface area (Å²) in [6, 6.07) is -1.14. The summed E-state index contributed by atoms with van der Waals surface area (Å²) in [5.74, 6) is 0. The molecule has 1 unspecified atom stereocenters. The summed E-state index contributed by atoms with van der Waals surface area (Å²) in [6.07, 6.45) is -3.74. The Kier molecular flexibility index (Phi) is 2.85. The number of aliphatic hydroxyl groups excluding tert-OH is 3. The number of hydrogen-bond acceptors (Lipinski definition) is 5. The molecule has 1 rings (SSSR count). The molecule has 1 fully saturated rings. The number of rotatable bonds is 1. The quantitative estimate of drug-likeness (QED) is 0.261. The molecule has 0 spiro atoms. The van der Waals surface area contributed by atoms with Crippen molar-refractivity contribution in [3.8, 4) is 0 Å². The summed E-state index contributed by atoms with van der Waals surface area (Å²) < 4.78 is 4.61. The molecular formula is C5H9N3O4. The summed E-state index contributed by atoms with van der Waals surface area (Å²) in [4.78, 5) is 2.41. The van der Waals surface area contributed by atoms with Gasteiger partial charge in [0.1, 0.15) is 12.1 Å². The molecule has 0 aromatic heterocycles. The van der Waals surface area contributed by atoms with Gasteiger partial charge in [0.05, 0.1) is 12.7 Å². The molecule has 0 aromatic carbocycles. The first kappa shape index (κ1) is 9.24. The fourth-order valence-electron chi connectivity index (χ4n) is 0.976. The molecule has 12 heavy (non-hydrogen) atoms. The van der Waals surface area contributed by atoms with Crippen LogP contribution in [0.25, 0.3) is 10.4 Å². The number of ether oxygens (including phenoxy) is 1. The first-order chi connectivity index (χ1) is 5.66. The third-order valence-electron chi connectivity index (χ3n) is 1.66. The van der Waals surface area contributed by atoms with Crippen molar-refractivity contribution in [2.24, 2.45) is 5.11 Å². The van der Waals surface area contributed by atoms with E-state index in [2.05, 4.69) is 14.8 Å². The van der Waals surface area contributed by atoms with Crippen LogP contribution in [0.2, 0.25) is 0 Å². The fraction of sp³-hybridized carbons (Fsp3) is 1.00. The molecule has 4 atom stereocenters. The van der Waals surface area contributed by atoms with Gasteiger partial charge in [-0.2, -0.15) is 0 Å². The second kappa shape index (κ2) is 3.70. The first-order valence-corrected chi connectivity index (χ1v) is 3.37. The van der Waals surface area contributed by atoms with E-state index in [0.29, 0.717) is 0 Å². The predicted molar refractivity (Wildman–Crippen MR) is 36.9 cm³/mol. The molecule has 0 radical (unpaired) electrons. The SMILES string of the molecule is [N-]=[N+]=N[C@H]1C(O)OC[C@@H](O)[C@@H]1O. The van der Waals surface area contributed by atoms with Gasteiger partial charge in [-0.3, -0.25) is 0 Å². The van der Waals surface area contributed by atoms with Crippen LogP contribution in [0.4, 0.5) is 0 Å². The lowest BCUT2D eigenvalue weighted by Crippen LogP contribution is -2.51. The second-order valence-corrected chi connectivity index (χ2v) is 2.48. The van der Waals surface area contributed by atoms with E-state index in [1.165, 1.54) is 0 Å². The van der Waals surface area contributed by atoms with Crippen LogP contribution < -0.4 is 0 Å². The van der Waals surface area contributed by atoms with Crippen molar-refractivity contribution in [1.82, 2.24) is 0 Å². The highest BCUT2D eigenvalue weighted by Crippen LogP contribution is 2.16. The zero-order valence-corrected chi connectivity index (χ0v) is 6.11. The average Bonchev–Trinajstić information content (AvgIpc) is 2.06. The van der Waals surface area contributed by atoms with Gasteiger partial charge in [-0.1, -0.05) is 5.11 Å². The molecule has 0 aromatic rings. The van der Waals surface area contributed by atoms with E-state index in [1.807, 2.05) is 0 Å². The van der Waals surface area contributed by atoms with Crippen LogP contribution in [0.15, 0.2) is 5.11 Å². The van der Waals surface area contributed by atoms with Crippen LogP contribution in [0.1, 0.15) is 0 Å². The van der Waals surface area contributed by atoms with Crippen LogP contribution >= 0.6 is 0 Å². The zero-order valence-electron chi connectivity index (χ0n) is 6.11. The smallest absolute Gasteiger partial charge is 0.165 e. The topological polar surface area (TPSA) is 119 Å². The normalized spacial score (nSPS) is 41.9. The standard InChI is InChI=1S/C5H9N3O4/c6-8-7-3-4(10)2(9)1-12-5(3)11/h2-5,9-11H,1H2/t2-,3-,4+,5?/m1/s1. The summed E-state index contributed by atoms with van der Waals surface area (Å²) in [7, 11) is 0. The minimum atomic E-state index is -1.35. The van der Waals surface area contributed by atoms with E-state index >= 15 is 0 Å². The minimum absolute atomic E-state index is 0.167. The Morgan fingerprint density at radius 3 is 2.67 bits per heavy atom. The first-order valence-electron chi connectivity index (χ1n) is 3.37. The van der Waals surface area contributed by atoms with Crippen molar-refractivity contribution in [3.63, 3.8) is 0 Å². The van der Waals surface area contributed by atoms with Crippen molar-refractivity contribution < 1.29 is 20.1 Å². The molecular weight excluding hydrogens is 166 g/mol. The monoisotopic (exact) mass is 175 g/mol. The lowest BCUT2D eigenvalue weighted by molar-refractivity contribution is -0.204. The number of hydrogen-bond donors (Lipinski definition) is 3. The molecule has 3 N–H and O–H groups in total. The molecule has 7 heteroatoms. The van der Waals surface area contributed by atoms with Crippen LogP contribution in [0.5, 0.6) is 0 Å². The predicted octanol–water partition coefficient (Wildman–Crippen LogP) is -1.26. The summed E-state index contributed by atoms with van der Waals surface area (Å²) in [6.45, 7) is -0.167. The number of nitrogens with zero attached hydrogens (tertiary/aromatic N) is 3. The van der Waals surface area contributed by atoms with E-state index in [1.54, 1.807) is 0 Å². The molecule has 1 aliphatic rings. The Hall–Kier alpha value is -0.850. The highest BCUT2D eigenvalue weighted by atomic mass is 16.6. The highest BCUT2D eigenvalue weighted by molar-refractivity contribution is 4.87. The number of azide groups is 1. The molecule has 1 saturated heterocycles. The Morgan fingerprint density at radius 1 is 1.42 bits per heavy atom. The van der Waals surface area contributed by atoms with Gasteiger partial charge in [-0.05, 0) is 5.53 Å². The van der Waals surface area contributed by atoms with E-state index < -0.39 is 24.5 Å². The van der Waals surface area contributed by atoms with Gasteiger partial charge in [-0.25, -0.2) is 0 Å². The van der Waals surface area contributed by atoms with Crippen molar-refractivity contribution in [3.05, 3.63) is 10.4 Å². The van der Waals surface area contributed by atoms with Crippen LogP contribution in [-0.4, -0.2) is 46.5 Å². The lowest BCUT2D eigenvalue weighted by Gasteiger charge is -2.32. The number of aliphatic hydroxyl groups is 3. The van der Waals surface area contributed by atoms with Crippen LogP contribution in [-0.2, 0) is 4.74 Å². The Balaban J connectivity index is 2.71. The summed E-state index contributed by atoms with van der Waals surface area (Å²) >= 11 is 0. The van der Waals surface area contributed by atoms with E-state index in [-0.39, 0.29) is 6.61 Å². The maximum atomic E-state index is 9.18. The molecule has 0 amide bonds. The zero-order chi connectivity index (χ0) is 9.14. The maximum Gasteiger partial charge on any atom is 0.165 e. The average molecular weight is 175 g/mol. The fourth-order valence-corrected chi connectivity index (χ4v) is 0.976. The van der Waals surface area contributed by atoms with Gasteiger partial charge in [0, 0.05) is 4.91 Å². The van der Waals surface area contributed by atoms with Crippen molar-refractivity contribution in [1.29, 1.82) is 0 Å². The van der Waals surface area contributed by atoms with Gasteiger partial charge >= 0.3 is 0 Å². The van der Waals surface area contributed by atoms with Gasteiger partial charge in [-0.15, -0.1) is 0 Å². The van der Waals surface area contributed by atoms with Gasteiger partial charge < -0.3 is 20.1 Å². The Labute approximate surface area is 67.8 Å². The molecule has 1 heterocycles. The van der Waals surface area contributed by atoms with Crippen molar-refractivity contribution in [2.45, 2.75) is 24.5 Å². The molecule has 0 bridgehead atoms. The molecule has 68 valence electrons. The lowest BCUT2D eigenvalue weighted by atomic mass is 10.0. The van der Waals surface area contributed by atoms with E-state index in [4.69, 9.17) is 15.7 Å². The highest BCUT2D eigenvalue weighted by Gasteiger charge is 2.37.